The lowest BCUT2D eigenvalue weighted by Crippen LogP contribution is -2.13. The highest BCUT2D eigenvalue weighted by molar-refractivity contribution is 5.88. The summed E-state index contributed by atoms with van der Waals surface area (Å²) in [5, 5.41) is 4.40. The predicted molar refractivity (Wildman–Crippen MR) is 59.3 cm³/mol. The van der Waals surface area contributed by atoms with Gasteiger partial charge >= 0.3 is 0 Å². The Morgan fingerprint density at radius 3 is 2.64 bits per heavy atom. The average molecular weight is 188 g/mol. The van der Waals surface area contributed by atoms with E-state index in [2.05, 4.69) is 48.6 Å². The van der Waals surface area contributed by atoms with Crippen molar-refractivity contribution < 1.29 is 0 Å². The topological polar surface area (TPSA) is 24.4 Å². The summed E-state index contributed by atoms with van der Waals surface area (Å²) in [6.45, 7) is 5.23. The quantitative estimate of drug-likeness (QED) is 0.718. The summed E-state index contributed by atoms with van der Waals surface area (Å²) in [4.78, 5) is 0. The highest BCUT2D eigenvalue weighted by Gasteiger charge is 2.12. The molecular formula is C12H16N2. The zero-order chi connectivity index (χ0) is 9.97. The molecule has 0 aromatic heterocycles. The third-order valence-corrected chi connectivity index (χ3v) is 2.65. The number of fused-ring (bicyclic) bond motifs is 1. The first kappa shape index (κ1) is 9.25. The van der Waals surface area contributed by atoms with Crippen molar-refractivity contribution in [3.8, 4) is 0 Å². The first-order valence-corrected chi connectivity index (χ1v) is 5.13. The summed E-state index contributed by atoms with van der Waals surface area (Å²) in [6.07, 6.45) is 0.987. The molecule has 2 nitrogen and oxygen atoms in total. The van der Waals surface area contributed by atoms with E-state index in [4.69, 9.17) is 0 Å². The summed E-state index contributed by atoms with van der Waals surface area (Å²) < 4.78 is 0. The Kier molecular flexibility index (Phi) is 2.53. The minimum atomic E-state index is 0.522. The van der Waals surface area contributed by atoms with Crippen LogP contribution in [0.3, 0.4) is 0 Å². The van der Waals surface area contributed by atoms with Crippen molar-refractivity contribution in [2.24, 2.45) is 11.0 Å². The van der Waals surface area contributed by atoms with Gasteiger partial charge in [0.1, 0.15) is 0 Å². The fourth-order valence-corrected chi connectivity index (χ4v) is 1.70. The third kappa shape index (κ3) is 1.79. The molecule has 1 aliphatic heterocycles. The molecule has 1 aromatic rings. The summed E-state index contributed by atoms with van der Waals surface area (Å²) in [5.41, 5.74) is 7.14. The van der Waals surface area contributed by atoms with Crippen LogP contribution in [-0.4, -0.2) is 5.71 Å². The molecule has 0 fully saturated rings. The van der Waals surface area contributed by atoms with Crippen LogP contribution in [0.4, 0.5) is 0 Å². The monoisotopic (exact) mass is 188 g/mol. The summed E-state index contributed by atoms with van der Waals surface area (Å²) >= 11 is 0. The van der Waals surface area contributed by atoms with Crippen LogP contribution >= 0.6 is 0 Å². The van der Waals surface area contributed by atoms with E-state index < -0.39 is 0 Å². The fourth-order valence-electron chi connectivity index (χ4n) is 1.70. The molecule has 1 heterocycles. The van der Waals surface area contributed by atoms with Gasteiger partial charge in [-0.25, -0.2) is 0 Å². The van der Waals surface area contributed by atoms with Gasteiger partial charge in [0, 0.05) is 12.1 Å². The van der Waals surface area contributed by atoms with Crippen molar-refractivity contribution in [1.82, 2.24) is 5.43 Å². The first-order chi connectivity index (χ1) is 6.77. The molecule has 2 rings (SSSR count). The van der Waals surface area contributed by atoms with Gasteiger partial charge in [0.25, 0.3) is 0 Å². The van der Waals surface area contributed by atoms with Crippen LogP contribution in [-0.2, 0) is 13.0 Å². The highest BCUT2D eigenvalue weighted by atomic mass is 15.3. The van der Waals surface area contributed by atoms with Gasteiger partial charge in [-0.15, -0.1) is 0 Å². The minimum absolute atomic E-state index is 0.522. The number of hydrogen-bond donors (Lipinski definition) is 1. The van der Waals surface area contributed by atoms with Crippen molar-refractivity contribution >= 4 is 5.71 Å². The van der Waals surface area contributed by atoms with Gasteiger partial charge in [0.15, 0.2) is 0 Å². The molecule has 1 aliphatic rings. The van der Waals surface area contributed by atoms with Gasteiger partial charge in [-0.1, -0.05) is 38.1 Å². The Hall–Kier alpha value is -1.31. The zero-order valence-corrected chi connectivity index (χ0v) is 8.75. The average Bonchev–Trinajstić information content (AvgIpc) is 2.39. The second-order valence-corrected chi connectivity index (χ2v) is 4.04. The van der Waals surface area contributed by atoms with Gasteiger partial charge < -0.3 is 5.43 Å². The second kappa shape index (κ2) is 3.82. The van der Waals surface area contributed by atoms with Crippen LogP contribution in [0, 0.1) is 5.92 Å². The van der Waals surface area contributed by atoms with E-state index in [0.29, 0.717) is 5.92 Å². The van der Waals surface area contributed by atoms with E-state index in [1.807, 2.05) is 0 Å². The first-order valence-electron chi connectivity index (χ1n) is 5.13. The Bertz CT molecular complexity index is 353. The lowest BCUT2D eigenvalue weighted by Gasteiger charge is -2.08. The van der Waals surface area contributed by atoms with Crippen LogP contribution in [0.15, 0.2) is 29.4 Å². The minimum Gasteiger partial charge on any atom is -0.306 e. The molecule has 1 N–H and O–H groups in total. The maximum Gasteiger partial charge on any atom is 0.0582 e. The smallest absolute Gasteiger partial charge is 0.0582 e. The van der Waals surface area contributed by atoms with E-state index in [9.17, 15) is 0 Å². The Morgan fingerprint density at radius 1 is 1.21 bits per heavy atom. The molecule has 0 aliphatic carbocycles. The zero-order valence-electron chi connectivity index (χ0n) is 8.75. The van der Waals surface area contributed by atoms with Gasteiger partial charge in [0.2, 0.25) is 0 Å². The van der Waals surface area contributed by atoms with E-state index >= 15 is 0 Å². The van der Waals surface area contributed by atoms with Crippen molar-refractivity contribution in [2.75, 3.05) is 0 Å². The molecule has 0 saturated carbocycles. The van der Waals surface area contributed by atoms with Gasteiger partial charge in [-0.05, 0) is 17.0 Å². The van der Waals surface area contributed by atoms with Gasteiger partial charge in [0.05, 0.1) is 6.54 Å². The van der Waals surface area contributed by atoms with E-state index in [-0.39, 0.29) is 0 Å². The van der Waals surface area contributed by atoms with Crippen LogP contribution in [0.2, 0.25) is 0 Å². The lowest BCUT2D eigenvalue weighted by atomic mass is 9.97. The molecule has 14 heavy (non-hydrogen) atoms. The number of nitrogens with one attached hydrogen (secondary N) is 1. The van der Waals surface area contributed by atoms with Crippen LogP contribution in [0.25, 0.3) is 0 Å². The van der Waals surface area contributed by atoms with E-state index in [1.165, 1.54) is 16.8 Å². The summed E-state index contributed by atoms with van der Waals surface area (Å²) in [7, 11) is 0. The maximum absolute atomic E-state index is 4.40. The van der Waals surface area contributed by atoms with Gasteiger partial charge in [-0.2, -0.15) is 5.10 Å². The van der Waals surface area contributed by atoms with Gasteiger partial charge in [-0.3, -0.25) is 0 Å². The van der Waals surface area contributed by atoms with Crippen molar-refractivity contribution in [1.29, 1.82) is 0 Å². The summed E-state index contributed by atoms with van der Waals surface area (Å²) in [5.74, 6) is 0.522. The molecule has 0 saturated heterocycles. The largest absolute Gasteiger partial charge is 0.306 e. The Balaban J connectivity index is 2.30. The highest BCUT2D eigenvalue weighted by Crippen LogP contribution is 2.15. The fraction of sp³-hybridized carbons (Fsp3) is 0.417. The van der Waals surface area contributed by atoms with Crippen LogP contribution in [0.1, 0.15) is 25.0 Å². The van der Waals surface area contributed by atoms with Crippen molar-refractivity contribution in [3.63, 3.8) is 0 Å². The standard InChI is InChI=1S/C12H16N2/c1-9(2)12-7-10-5-3-4-6-11(10)8-13-14-12/h3-6,9,13H,7-8H2,1-2H3. The predicted octanol–water partition coefficient (Wildman–Crippen LogP) is 2.34. The number of hydrogen-bond acceptors (Lipinski definition) is 2. The van der Waals surface area contributed by atoms with Crippen molar-refractivity contribution in [3.05, 3.63) is 35.4 Å². The van der Waals surface area contributed by atoms with Crippen molar-refractivity contribution in [2.45, 2.75) is 26.8 Å². The molecule has 0 radical (unpaired) electrons. The molecule has 0 unspecified atom stereocenters. The maximum atomic E-state index is 4.40. The second-order valence-electron chi connectivity index (χ2n) is 4.04. The number of benzene rings is 1. The number of nitrogens with zero attached hydrogens (tertiary/aromatic N) is 1. The molecule has 1 aromatic carbocycles. The molecule has 0 bridgehead atoms. The third-order valence-electron chi connectivity index (χ3n) is 2.65. The molecule has 0 amide bonds. The molecule has 0 spiro atoms. The molecule has 2 heteroatoms. The molecule has 0 atom stereocenters. The summed E-state index contributed by atoms with van der Waals surface area (Å²) in [6, 6.07) is 8.55. The molecular weight excluding hydrogens is 172 g/mol. The SMILES string of the molecule is CC(C)C1=NNCc2ccccc2C1. The normalized spacial score (nSPS) is 15.5. The van der Waals surface area contributed by atoms with E-state index in [0.717, 1.165) is 13.0 Å². The van der Waals surface area contributed by atoms with Crippen LogP contribution < -0.4 is 5.43 Å². The Morgan fingerprint density at radius 2 is 1.93 bits per heavy atom. The Labute approximate surface area is 85.0 Å². The number of rotatable bonds is 1. The number of hydrazone groups is 1. The van der Waals surface area contributed by atoms with E-state index in [1.54, 1.807) is 0 Å². The lowest BCUT2D eigenvalue weighted by molar-refractivity contribution is 0.733. The molecule has 74 valence electrons. The van der Waals surface area contributed by atoms with Crippen LogP contribution in [0.5, 0.6) is 0 Å².